The van der Waals surface area contributed by atoms with E-state index < -0.39 is 5.97 Å². The van der Waals surface area contributed by atoms with Crippen LogP contribution in [0.4, 0.5) is 5.69 Å². The third-order valence-electron chi connectivity index (χ3n) is 3.36. The summed E-state index contributed by atoms with van der Waals surface area (Å²) < 4.78 is 5.58. The molecule has 1 heterocycles. The number of benzene rings is 1. The van der Waals surface area contributed by atoms with Gasteiger partial charge in [-0.15, -0.1) is 0 Å². The molecule has 0 bridgehead atoms. The molecule has 0 aliphatic rings. The van der Waals surface area contributed by atoms with Crippen molar-refractivity contribution in [1.82, 2.24) is 0 Å². The van der Waals surface area contributed by atoms with Gasteiger partial charge in [0.25, 0.3) is 5.91 Å². The molecule has 2 rings (SSSR count). The Bertz CT molecular complexity index is 666. The number of nitrogens with one attached hydrogen (secondary N) is 1. The second kappa shape index (κ2) is 6.93. The van der Waals surface area contributed by atoms with E-state index in [0.29, 0.717) is 11.3 Å². The van der Waals surface area contributed by atoms with Crippen LogP contribution in [0.3, 0.4) is 0 Å². The van der Waals surface area contributed by atoms with Gasteiger partial charge in [-0.1, -0.05) is 26.0 Å². The van der Waals surface area contributed by atoms with Crippen LogP contribution < -0.4 is 5.32 Å². The number of hydrogen-bond acceptors (Lipinski definition) is 3. The predicted molar refractivity (Wildman–Crippen MR) is 83.2 cm³/mol. The largest absolute Gasteiger partial charge is 0.481 e. The maximum atomic E-state index is 12.2. The zero-order valence-electron chi connectivity index (χ0n) is 12.7. The maximum Gasteiger partial charge on any atom is 0.307 e. The zero-order valence-corrected chi connectivity index (χ0v) is 12.7. The van der Waals surface area contributed by atoms with Gasteiger partial charge in [-0.25, -0.2) is 0 Å². The summed E-state index contributed by atoms with van der Waals surface area (Å²) in [6.07, 6.45) is 1.48. The highest BCUT2D eigenvalue weighted by Crippen LogP contribution is 2.19. The monoisotopic (exact) mass is 301 g/mol. The number of rotatable bonds is 6. The van der Waals surface area contributed by atoms with E-state index in [9.17, 15) is 9.59 Å². The zero-order chi connectivity index (χ0) is 16.1. The molecule has 2 N–H and O–H groups in total. The first-order valence-corrected chi connectivity index (χ1v) is 7.27. The van der Waals surface area contributed by atoms with Crippen LogP contribution >= 0.6 is 0 Å². The number of carbonyl (C=O) groups is 2. The highest BCUT2D eigenvalue weighted by atomic mass is 16.4. The lowest BCUT2D eigenvalue weighted by molar-refractivity contribution is -0.136. The van der Waals surface area contributed by atoms with Gasteiger partial charge in [-0.2, -0.15) is 0 Å². The van der Waals surface area contributed by atoms with Crippen LogP contribution in [0.5, 0.6) is 0 Å². The van der Waals surface area contributed by atoms with Gasteiger partial charge in [0, 0.05) is 12.1 Å². The topological polar surface area (TPSA) is 79.5 Å². The summed E-state index contributed by atoms with van der Waals surface area (Å²) in [5.74, 6) is -0.138. The number of carbonyl (C=O) groups excluding carboxylic acids is 1. The van der Waals surface area contributed by atoms with E-state index in [-0.39, 0.29) is 18.1 Å². The minimum atomic E-state index is -0.908. The highest BCUT2D eigenvalue weighted by Gasteiger charge is 2.15. The molecule has 0 saturated heterocycles. The van der Waals surface area contributed by atoms with Gasteiger partial charge in [0.1, 0.15) is 5.76 Å². The van der Waals surface area contributed by atoms with Crippen LogP contribution in [0.25, 0.3) is 0 Å². The minimum Gasteiger partial charge on any atom is -0.481 e. The van der Waals surface area contributed by atoms with E-state index >= 15 is 0 Å². The lowest BCUT2D eigenvalue weighted by Gasteiger charge is -2.05. The molecule has 2 aromatic rings. The fraction of sp³-hybridized carbons (Fsp3) is 0.294. The normalized spacial score (nSPS) is 10.5. The lowest BCUT2D eigenvalue weighted by Crippen LogP contribution is -2.11. The Kier molecular flexibility index (Phi) is 4.99. The van der Waals surface area contributed by atoms with Gasteiger partial charge in [0.2, 0.25) is 0 Å². The van der Waals surface area contributed by atoms with Gasteiger partial charge in [0.05, 0.1) is 6.42 Å². The Labute approximate surface area is 129 Å². The summed E-state index contributed by atoms with van der Waals surface area (Å²) in [6.45, 7) is 4.00. The number of aliphatic carboxylic acids is 1. The van der Waals surface area contributed by atoms with Gasteiger partial charge in [0.15, 0.2) is 5.76 Å². The summed E-state index contributed by atoms with van der Waals surface area (Å²) >= 11 is 0. The first-order valence-electron chi connectivity index (χ1n) is 7.27. The third kappa shape index (κ3) is 3.75. The van der Waals surface area contributed by atoms with Crippen LogP contribution in [0.2, 0.25) is 0 Å². The van der Waals surface area contributed by atoms with Gasteiger partial charge >= 0.3 is 5.97 Å². The molecule has 0 saturated carbocycles. The number of carboxylic acid groups (broad SMARTS) is 1. The number of aryl methyl sites for hydroxylation is 2. The Morgan fingerprint density at radius 3 is 2.55 bits per heavy atom. The second-order valence-electron chi connectivity index (χ2n) is 4.99. The van der Waals surface area contributed by atoms with Crippen molar-refractivity contribution in [2.24, 2.45) is 0 Å². The van der Waals surface area contributed by atoms with Crippen LogP contribution in [0.1, 0.15) is 41.3 Å². The van der Waals surface area contributed by atoms with Gasteiger partial charge < -0.3 is 14.8 Å². The van der Waals surface area contributed by atoms with Crippen molar-refractivity contribution >= 4 is 17.6 Å². The average Bonchev–Trinajstić information content (AvgIpc) is 2.90. The third-order valence-corrected chi connectivity index (χ3v) is 3.36. The van der Waals surface area contributed by atoms with Crippen molar-refractivity contribution in [2.75, 3.05) is 5.32 Å². The number of carboxylic acids is 1. The molecular formula is C17H19NO4. The Morgan fingerprint density at radius 2 is 1.95 bits per heavy atom. The van der Waals surface area contributed by atoms with Crippen LogP contribution in [0.15, 0.2) is 34.7 Å². The first-order chi connectivity index (χ1) is 10.5. The van der Waals surface area contributed by atoms with Crippen molar-refractivity contribution < 1.29 is 19.1 Å². The molecule has 5 nitrogen and oxygen atoms in total. The lowest BCUT2D eigenvalue weighted by atomic mass is 10.1. The quantitative estimate of drug-likeness (QED) is 0.858. The number of amides is 1. The Hall–Kier alpha value is -2.56. The average molecular weight is 301 g/mol. The molecule has 22 heavy (non-hydrogen) atoms. The van der Waals surface area contributed by atoms with E-state index in [1.54, 1.807) is 30.3 Å². The van der Waals surface area contributed by atoms with Gasteiger partial charge in [-0.3, -0.25) is 9.59 Å². The second-order valence-corrected chi connectivity index (χ2v) is 4.99. The molecule has 0 radical (unpaired) electrons. The fourth-order valence-corrected chi connectivity index (χ4v) is 2.30. The highest BCUT2D eigenvalue weighted by molar-refractivity contribution is 6.02. The Balaban J connectivity index is 2.14. The van der Waals surface area contributed by atoms with Crippen molar-refractivity contribution in [2.45, 2.75) is 33.1 Å². The molecule has 1 aromatic carbocycles. The van der Waals surface area contributed by atoms with Crippen molar-refractivity contribution in [3.63, 3.8) is 0 Å². The molecule has 0 unspecified atom stereocenters. The first kappa shape index (κ1) is 15.8. The summed E-state index contributed by atoms with van der Waals surface area (Å²) in [4.78, 5) is 23.0. The van der Waals surface area contributed by atoms with E-state index in [2.05, 4.69) is 5.32 Å². The van der Waals surface area contributed by atoms with Crippen molar-refractivity contribution in [3.8, 4) is 0 Å². The van der Waals surface area contributed by atoms with E-state index in [1.165, 1.54) is 0 Å². The molecule has 0 atom stereocenters. The minimum absolute atomic E-state index is 0.0789. The molecule has 0 spiro atoms. The van der Waals surface area contributed by atoms with Crippen LogP contribution in [-0.2, 0) is 24.1 Å². The molecule has 1 aromatic heterocycles. The van der Waals surface area contributed by atoms with Crippen LogP contribution in [0, 0.1) is 0 Å². The molecule has 0 aliphatic heterocycles. The van der Waals surface area contributed by atoms with E-state index in [0.717, 1.165) is 24.2 Å². The molecule has 0 aliphatic carbocycles. The smallest absolute Gasteiger partial charge is 0.307 e. The molecule has 1 amide bonds. The maximum absolute atomic E-state index is 12.2. The predicted octanol–water partition coefficient (Wildman–Crippen LogP) is 3.28. The van der Waals surface area contributed by atoms with E-state index in [1.807, 2.05) is 13.8 Å². The number of hydrogen-bond donors (Lipinski definition) is 2. The fourth-order valence-electron chi connectivity index (χ4n) is 2.30. The standard InChI is InChI=1S/C17H19NO4/c1-3-12-10-15(22-14(12)4-2)17(21)18-13-7-5-6-11(8-13)9-16(19)20/h5-8,10H,3-4,9H2,1-2H3,(H,18,21)(H,19,20). The molecule has 5 heteroatoms. The molecule has 0 fully saturated rings. The molecular weight excluding hydrogens is 282 g/mol. The van der Waals surface area contributed by atoms with Crippen molar-refractivity contribution in [3.05, 3.63) is 53.0 Å². The number of anilines is 1. The molecule has 116 valence electrons. The summed E-state index contributed by atoms with van der Waals surface area (Å²) in [6, 6.07) is 8.55. The Morgan fingerprint density at radius 1 is 1.18 bits per heavy atom. The van der Waals surface area contributed by atoms with Gasteiger partial charge in [-0.05, 0) is 35.7 Å². The summed E-state index contributed by atoms with van der Waals surface area (Å²) in [5, 5.41) is 11.5. The SMILES string of the molecule is CCc1cc(C(=O)Nc2cccc(CC(=O)O)c2)oc1CC. The summed E-state index contributed by atoms with van der Waals surface area (Å²) in [5.41, 5.74) is 2.22. The van der Waals surface area contributed by atoms with Crippen LogP contribution in [-0.4, -0.2) is 17.0 Å². The number of furan rings is 1. The van der Waals surface area contributed by atoms with E-state index in [4.69, 9.17) is 9.52 Å². The summed E-state index contributed by atoms with van der Waals surface area (Å²) in [7, 11) is 0. The van der Waals surface area contributed by atoms with Crippen molar-refractivity contribution in [1.29, 1.82) is 0 Å².